The van der Waals surface area contributed by atoms with Gasteiger partial charge in [0.25, 0.3) is 0 Å². The maximum Gasteiger partial charge on any atom is 0.335 e. The minimum Gasteiger partial charge on any atom is -0.312 e. The number of hydrogen-bond donors (Lipinski definition) is 0. The zero-order valence-corrected chi connectivity index (χ0v) is 14.5. The van der Waals surface area contributed by atoms with Crippen molar-refractivity contribution in [3.63, 3.8) is 0 Å². The quantitative estimate of drug-likeness (QED) is 0.770. The highest BCUT2D eigenvalue weighted by Crippen LogP contribution is 2.75. The molecule has 0 aliphatic heterocycles. The fraction of sp³-hybridized carbons (Fsp3) is 0.533. The Balaban J connectivity index is 2.02. The molecule has 0 amide bonds. The zero-order chi connectivity index (χ0) is 16.1. The van der Waals surface area contributed by atoms with E-state index in [9.17, 15) is 13.6 Å². The molecular formula is C15H19O5PS. The lowest BCUT2D eigenvalue weighted by molar-refractivity contribution is -0.118. The van der Waals surface area contributed by atoms with Gasteiger partial charge in [0.15, 0.2) is 5.78 Å². The van der Waals surface area contributed by atoms with Crippen molar-refractivity contribution in [2.24, 2.45) is 5.92 Å². The number of benzene rings is 1. The molecule has 0 aromatic heterocycles. The summed E-state index contributed by atoms with van der Waals surface area (Å²) in [5.74, 6) is -0.274. The summed E-state index contributed by atoms with van der Waals surface area (Å²) >= 11 is 0. The largest absolute Gasteiger partial charge is 0.335 e. The van der Waals surface area contributed by atoms with E-state index in [0.717, 1.165) is 5.56 Å². The predicted molar refractivity (Wildman–Crippen MR) is 83.5 cm³/mol. The Hall–Kier alpha value is -0.810. The van der Waals surface area contributed by atoms with Gasteiger partial charge in [0.05, 0.1) is 16.5 Å². The molecule has 0 N–H and O–H groups in total. The molecule has 2 aliphatic carbocycles. The maximum atomic E-state index is 13.1. The summed E-state index contributed by atoms with van der Waals surface area (Å²) in [6.45, 7) is 1.94. The molecule has 4 atom stereocenters. The summed E-state index contributed by atoms with van der Waals surface area (Å²) in [7, 11) is -2.35. The number of aryl methyl sites for hydroxylation is 1. The smallest absolute Gasteiger partial charge is 0.312 e. The summed E-state index contributed by atoms with van der Waals surface area (Å²) in [6.07, 6.45) is 0.976. The molecule has 3 rings (SSSR count). The molecule has 7 heteroatoms. The van der Waals surface area contributed by atoms with E-state index in [0.29, 0.717) is 17.7 Å². The van der Waals surface area contributed by atoms with Crippen molar-refractivity contribution in [3.8, 4) is 0 Å². The van der Waals surface area contributed by atoms with Gasteiger partial charge in [-0.15, -0.1) is 0 Å². The van der Waals surface area contributed by atoms with Crippen LogP contribution < -0.4 is 0 Å². The number of fused-ring (bicyclic) bond motifs is 1. The van der Waals surface area contributed by atoms with Gasteiger partial charge in [-0.1, -0.05) is 17.7 Å². The highest BCUT2D eigenvalue weighted by Gasteiger charge is 2.81. The number of ketones is 1. The number of carbonyl (C=O) groups is 1. The van der Waals surface area contributed by atoms with Gasteiger partial charge in [-0.2, -0.15) is 0 Å². The standard InChI is InChI=1S/C15H19O5PS/c1-10-4-6-11(7-5-10)22(18)15-12(8-9-13(15)16)14(15)21(17,19-2)20-3/h4-7,12,14H,8-9H2,1-3H3/t12-,14+,15-,22?/m1/s1. The molecule has 2 saturated carbocycles. The molecule has 22 heavy (non-hydrogen) atoms. The first-order valence-electron chi connectivity index (χ1n) is 7.15. The van der Waals surface area contributed by atoms with Gasteiger partial charge in [-0.05, 0) is 25.5 Å². The molecule has 5 nitrogen and oxygen atoms in total. The van der Waals surface area contributed by atoms with E-state index in [-0.39, 0.29) is 11.7 Å². The number of Topliss-reactive ketones (excluding diaryl/α,β-unsaturated/α-hetero) is 1. The fourth-order valence-electron chi connectivity index (χ4n) is 3.60. The van der Waals surface area contributed by atoms with Crippen LogP contribution >= 0.6 is 7.60 Å². The van der Waals surface area contributed by atoms with Crippen molar-refractivity contribution in [1.82, 2.24) is 0 Å². The van der Waals surface area contributed by atoms with Gasteiger partial charge in [0.2, 0.25) is 0 Å². The van der Waals surface area contributed by atoms with Gasteiger partial charge < -0.3 is 9.05 Å². The molecule has 1 aromatic carbocycles. The van der Waals surface area contributed by atoms with E-state index in [4.69, 9.17) is 9.05 Å². The lowest BCUT2D eigenvalue weighted by Gasteiger charge is -2.19. The fourth-order valence-corrected chi connectivity index (χ4v) is 8.45. The Kier molecular flexibility index (Phi) is 3.92. The van der Waals surface area contributed by atoms with Crippen LogP contribution in [-0.2, 0) is 29.2 Å². The van der Waals surface area contributed by atoms with Crippen molar-refractivity contribution in [1.29, 1.82) is 0 Å². The first kappa shape index (κ1) is 16.1. The Morgan fingerprint density at radius 1 is 1.23 bits per heavy atom. The van der Waals surface area contributed by atoms with E-state index in [1.807, 2.05) is 19.1 Å². The van der Waals surface area contributed by atoms with E-state index in [1.165, 1.54) is 14.2 Å². The van der Waals surface area contributed by atoms with Crippen LogP contribution in [0.5, 0.6) is 0 Å². The third-order valence-electron chi connectivity index (χ3n) is 4.77. The second-order valence-corrected chi connectivity index (χ2v) is 9.84. The number of rotatable bonds is 5. The minimum atomic E-state index is -3.42. The molecule has 0 heterocycles. The van der Waals surface area contributed by atoms with Gasteiger partial charge in [0.1, 0.15) is 4.75 Å². The highest BCUT2D eigenvalue weighted by atomic mass is 32.2. The summed E-state index contributed by atoms with van der Waals surface area (Å²) < 4.78 is 34.9. The Morgan fingerprint density at radius 3 is 2.36 bits per heavy atom. The predicted octanol–water partition coefficient (Wildman–Crippen LogP) is 2.69. The van der Waals surface area contributed by atoms with Crippen LogP contribution in [-0.4, -0.2) is 34.6 Å². The zero-order valence-electron chi connectivity index (χ0n) is 12.8. The summed E-state index contributed by atoms with van der Waals surface area (Å²) in [5, 5.41) is 0. The second kappa shape index (κ2) is 5.38. The van der Waals surface area contributed by atoms with Crippen LogP contribution in [0.3, 0.4) is 0 Å². The third kappa shape index (κ3) is 2.01. The lowest BCUT2D eigenvalue weighted by atomic mass is 10.2. The van der Waals surface area contributed by atoms with Crippen LogP contribution in [0.25, 0.3) is 0 Å². The van der Waals surface area contributed by atoms with Crippen molar-refractivity contribution in [2.45, 2.75) is 35.1 Å². The Bertz CT molecular complexity index is 678. The first-order valence-corrected chi connectivity index (χ1v) is 9.91. The van der Waals surface area contributed by atoms with Gasteiger partial charge in [0, 0.05) is 31.5 Å². The van der Waals surface area contributed by atoms with Crippen LogP contribution in [0.4, 0.5) is 0 Å². The normalized spacial score (nSPS) is 31.9. The molecule has 2 fully saturated rings. The van der Waals surface area contributed by atoms with E-state index in [2.05, 4.69) is 0 Å². The molecule has 1 aromatic rings. The summed E-state index contributed by atoms with van der Waals surface area (Å²) in [5.41, 5.74) is 0.456. The van der Waals surface area contributed by atoms with Gasteiger partial charge >= 0.3 is 7.60 Å². The summed E-state index contributed by atoms with van der Waals surface area (Å²) in [4.78, 5) is 13.1. The molecule has 120 valence electrons. The van der Waals surface area contributed by atoms with Crippen molar-refractivity contribution >= 4 is 24.2 Å². The van der Waals surface area contributed by atoms with Crippen LogP contribution in [0.1, 0.15) is 18.4 Å². The molecule has 2 aliphatic rings. The van der Waals surface area contributed by atoms with Gasteiger partial charge in [-0.25, -0.2) is 0 Å². The number of hydrogen-bond acceptors (Lipinski definition) is 5. The van der Waals surface area contributed by atoms with Gasteiger partial charge in [-0.3, -0.25) is 13.6 Å². The molecule has 0 radical (unpaired) electrons. The average molecular weight is 342 g/mol. The SMILES string of the molecule is COP(=O)(OC)[C@H]1[C@H]2CCC(=O)[C@]21S(=O)c1ccc(C)cc1. The lowest BCUT2D eigenvalue weighted by Crippen LogP contribution is -2.31. The van der Waals surface area contributed by atoms with Crippen molar-refractivity contribution in [3.05, 3.63) is 29.8 Å². The summed E-state index contributed by atoms with van der Waals surface area (Å²) in [6, 6.07) is 7.26. The molecular weight excluding hydrogens is 323 g/mol. The van der Waals surface area contributed by atoms with E-state index < -0.39 is 28.8 Å². The third-order valence-corrected chi connectivity index (χ3v) is 9.51. The monoisotopic (exact) mass is 342 g/mol. The molecule has 0 spiro atoms. The van der Waals surface area contributed by atoms with E-state index >= 15 is 0 Å². The van der Waals surface area contributed by atoms with Crippen LogP contribution in [0.2, 0.25) is 0 Å². The highest BCUT2D eigenvalue weighted by molar-refractivity contribution is 7.88. The average Bonchev–Trinajstić information content (AvgIpc) is 3.12. The Labute approximate surface area is 132 Å². The molecule has 1 unspecified atom stereocenters. The topological polar surface area (TPSA) is 69.7 Å². The first-order chi connectivity index (χ1) is 10.4. The Morgan fingerprint density at radius 2 is 1.82 bits per heavy atom. The maximum absolute atomic E-state index is 13.1. The van der Waals surface area contributed by atoms with Crippen molar-refractivity contribution in [2.75, 3.05) is 14.2 Å². The molecule has 0 saturated heterocycles. The van der Waals surface area contributed by atoms with Crippen molar-refractivity contribution < 1.29 is 22.6 Å². The second-order valence-electron chi connectivity index (χ2n) is 5.79. The van der Waals surface area contributed by atoms with Crippen LogP contribution in [0.15, 0.2) is 29.2 Å². The number of carbonyl (C=O) groups excluding carboxylic acids is 1. The van der Waals surface area contributed by atoms with Crippen LogP contribution in [0, 0.1) is 12.8 Å². The molecule has 0 bridgehead atoms. The van der Waals surface area contributed by atoms with E-state index in [1.54, 1.807) is 12.1 Å². The minimum absolute atomic E-state index is 0.0873.